The van der Waals surface area contributed by atoms with Crippen LogP contribution in [0.25, 0.3) is 0 Å². The maximum Gasteiger partial charge on any atom is 0.224 e. The third-order valence-corrected chi connectivity index (χ3v) is 3.01. The fraction of sp³-hybridized carbons (Fsp3) is 0.462. The highest BCUT2D eigenvalue weighted by Gasteiger charge is 2.15. The van der Waals surface area contributed by atoms with E-state index in [1.807, 2.05) is 0 Å². The number of rotatable bonds is 3. The normalized spacial score (nSPS) is 19.6. The van der Waals surface area contributed by atoms with Crippen LogP contribution in [0.2, 0.25) is 0 Å². The molecule has 0 radical (unpaired) electrons. The molecule has 0 spiro atoms. The van der Waals surface area contributed by atoms with E-state index in [1.165, 1.54) is 6.07 Å². The summed E-state index contributed by atoms with van der Waals surface area (Å²) < 4.78 is 25.7. The van der Waals surface area contributed by atoms with Gasteiger partial charge in [0.15, 0.2) is 11.6 Å². The Morgan fingerprint density at radius 1 is 1.39 bits per heavy atom. The van der Waals surface area contributed by atoms with Crippen LogP contribution in [0.5, 0.6) is 0 Å². The van der Waals surface area contributed by atoms with Crippen molar-refractivity contribution in [3.05, 3.63) is 35.4 Å². The van der Waals surface area contributed by atoms with Crippen molar-refractivity contribution in [2.45, 2.75) is 25.3 Å². The van der Waals surface area contributed by atoms with E-state index in [1.54, 1.807) is 0 Å². The number of carbonyl (C=O) groups excluding carboxylic acids is 1. The predicted molar refractivity (Wildman–Crippen MR) is 64.1 cm³/mol. The van der Waals surface area contributed by atoms with Crippen LogP contribution in [-0.4, -0.2) is 25.0 Å². The van der Waals surface area contributed by atoms with E-state index >= 15 is 0 Å². The monoisotopic (exact) mass is 254 g/mol. The molecule has 3 nitrogen and oxygen atoms in total. The lowest BCUT2D eigenvalue weighted by molar-refractivity contribution is -0.121. The number of hydrogen-bond acceptors (Lipinski definition) is 2. The lowest BCUT2D eigenvalue weighted by Crippen LogP contribution is -2.46. The Morgan fingerprint density at radius 3 is 2.89 bits per heavy atom. The Balaban J connectivity index is 1.88. The molecule has 1 aliphatic heterocycles. The summed E-state index contributed by atoms with van der Waals surface area (Å²) in [5, 5.41) is 6.08. The summed E-state index contributed by atoms with van der Waals surface area (Å²) in [6.45, 7) is 1.75. The van der Waals surface area contributed by atoms with Crippen LogP contribution >= 0.6 is 0 Å². The lowest BCUT2D eigenvalue weighted by atomic mass is 10.1. The summed E-state index contributed by atoms with van der Waals surface area (Å²) in [5.74, 6) is -1.97. The van der Waals surface area contributed by atoms with Gasteiger partial charge in [-0.1, -0.05) is 6.07 Å². The van der Waals surface area contributed by atoms with E-state index in [9.17, 15) is 13.6 Å². The van der Waals surface area contributed by atoms with Gasteiger partial charge in [0.05, 0.1) is 6.42 Å². The van der Waals surface area contributed by atoms with Crippen LogP contribution in [0.1, 0.15) is 18.4 Å². The van der Waals surface area contributed by atoms with Crippen molar-refractivity contribution in [2.24, 2.45) is 0 Å². The largest absolute Gasteiger partial charge is 0.352 e. The fourth-order valence-corrected chi connectivity index (χ4v) is 2.09. The van der Waals surface area contributed by atoms with Crippen LogP contribution in [0.4, 0.5) is 8.78 Å². The first-order chi connectivity index (χ1) is 8.65. The third kappa shape index (κ3) is 3.50. The third-order valence-electron chi connectivity index (χ3n) is 3.01. The zero-order valence-corrected chi connectivity index (χ0v) is 10.0. The van der Waals surface area contributed by atoms with Crippen molar-refractivity contribution in [2.75, 3.05) is 13.1 Å². The number of carbonyl (C=O) groups is 1. The van der Waals surface area contributed by atoms with E-state index in [4.69, 9.17) is 0 Å². The molecule has 0 aliphatic carbocycles. The van der Waals surface area contributed by atoms with Gasteiger partial charge in [0.1, 0.15) is 0 Å². The number of halogens is 2. The highest BCUT2D eigenvalue weighted by Crippen LogP contribution is 2.09. The Morgan fingerprint density at radius 2 is 2.22 bits per heavy atom. The molecule has 0 unspecified atom stereocenters. The van der Waals surface area contributed by atoms with Crippen LogP contribution in [-0.2, 0) is 11.2 Å². The van der Waals surface area contributed by atoms with Gasteiger partial charge in [-0.15, -0.1) is 0 Å². The van der Waals surface area contributed by atoms with E-state index in [2.05, 4.69) is 10.6 Å². The molecule has 18 heavy (non-hydrogen) atoms. The second-order valence-electron chi connectivity index (χ2n) is 4.54. The van der Waals surface area contributed by atoms with Crippen molar-refractivity contribution >= 4 is 5.91 Å². The Bertz CT molecular complexity index is 431. The van der Waals surface area contributed by atoms with Crippen LogP contribution in [0, 0.1) is 11.6 Å². The van der Waals surface area contributed by atoms with Crippen molar-refractivity contribution in [3.8, 4) is 0 Å². The Kier molecular flexibility index (Phi) is 4.25. The van der Waals surface area contributed by atoms with Gasteiger partial charge >= 0.3 is 0 Å². The fourth-order valence-electron chi connectivity index (χ4n) is 2.09. The van der Waals surface area contributed by atoms with Crippen LogP contribution in [0.3, 0.4) is 0 Å². The topological polar surface area (TPSA) is 41.1 Å². The highest BCUT2D eigenvalue weighted by molar-refractivity contribution is 5.78. The number of nitrogens with one attached hydrogen (secondary N) is 2. The Hall–Kier alpha value is -1.49. The molecule has 1 aromatic rings. The summed E-state index contributed by atoms with van der Waals surface area (Å²) in [4.78, 5) is 11.7. The van der Waals surface area contributed by atoms with Gasteiger partial charge in [-0.3, -0.25) is 4.79 Å². The zero-order valence-electron chi connectivity index (χ0n) is 10.0. The maximum absolute atomic E-state index is 13.0. The number of amides is 1. The number of hydrogen-bond donors (Lipinski definition) is 2. The molecule has 1 heterocycles. The van der Waals surface area contributed by atoms with Crippen LogP contribution < -0.4 is 10.6 Å². The second kappa shape index (κ2) is 5.91. The first-order valence-corrected chi connectivity index (χ1v) is 6.09. The van der Waals surface area contributed by atoms with Crippen molar-refractivity contribution in [1.29, 1.82) is 0 Å². The average molecular weight is 254 g/mol. The van der Waals surface area contributed by atoms with Gasteiger partial charge < -0.3 is 10.6 Å². The van der Waals surface area contributed by atoms with Crippen molar-refractivity contribution < 1.29 is 13.6 Å². The van der Waals surface area contributed by atoms with E-state index in [-0.39, 0.29) is 18.4 Å². The van der Waals surface area contributed by atoms with Gasteiger partial charge in [-0.25, -0.2) is 8.78 Å². The molecule has 1 aliphatic rings. The van der Waals surface area contributed by atoms with Crippen LogP contribution in [0.15, 0.2) is 18.2 Å². The quantitative estimate of drug-likeness (QED) is 0.855. The SMILES string of the molecule is O=C(Cc1ccc(F)c(F)c1)N[C@@H]1CCCNC1. The summed E-state index contributed by atoms with van der Waals surface area (Å²) in [5.41, 5.74) is 0.482. The van der Waals surface area contributed by atoms with E-state index in [0.29, 0.717) is 5.56 Å². The minimum Gasteiger partial charge on any atom is -0.352 e. The first-order valence-electron chi connectivity index (χ1n) is 6.09. The van der Waals surface area contributed by atoms with Gasteiger partial charge in [0.25, 0.3) is 0 Å². The second-order valence-corrected chi connectivity index (χ2v) is 4.54. The van der Waals surface area contributed by atoms with Gasteiger partial charge in [0, 0.05) is 12.6 Å². The molecular weight excluding hydrogens is 238 g/mol. The molecule has 0 bridgehead atoms. The lowest BCUT2D eigenvalue weighted by Gasteiger charge is -2.23. The standard InChI is InChI=1S/C13H16F2N2O/c14-11-4-3-9(6-12(11)15)7-13(18)17-10-2-1-5-16-8-10/h3-4,6,10,16H,1-2,5,7-8H2,(H,17,18)/t10-/m1/s1. The minimum atomic E-state index is -0.917. The number of piperidine rings is 1. The average Bonchev–Trinajstić information content (AvgIpc) is 2.35. The number of benzene rings is 1. The molecule has 98 valence electrons. The molecule has 5 heteroatoms. The smallest absolute Gasteiger partial charge is 0.224 e. The minimum absolute atomic E-state index is 0.0771. The summed E-state index contributed by atoms with van der Waals surface area (Å²) in [6, 6.07) is 3.67. The van der Waals surface area contributed by atoms with Gasteiger partial charge in [0.2, 0.25) is 5.91 Å². The molecule has 0 saturated carbocycles. The molecule has 2 N–H and O–H groups in total. The first kappa shape index (κ1) is 13.0. The predicted octanol–water partition coefficient (Wildman–Crippen LogP) is 1.38. The summed E-state index contributed by atoms with van der Waals surface area (Å²) in [6.07, 6.45) is 2.07. The summed E-state index contributed by atoms with van der Waals surface area (Å²) in [7, 11) is 0. The van der Waals surface area contributed by atoms with Crippen molar-refractivity contribution in [1.82, 2.24) is 10.6 Å². The summed E-state index contributed by atoms with van der Waals surface area (Å²) >= 11 is 0. The molecule has 1 aromatic carbocycles. The Labute approximate surface area is 105 Å². The highest BCUT2D eigenvalue weighted by atomic mass is 19.2. The maximum atomic E-state index is 13.0. The zero-order chi connectivity index (χ0) is 13.0. The molecule has 1 atom stereocenters. The van der Waals surface area contributed by atoms with Gasteiger partial charge in [-0.2, -0.15) is 0 Å². The molecule has 1 amide bonds. The molecule has 1 fully saturated rings. The van der Waals surface area contributed by atoms with Gasteiger partial charge in [-0.05, 0) is 37.1 Å². The van der Waals surface area contributed by atoms with E-state index in [0.717, 1.165) is 38.1 Å². The van der Waals surface area contributed by atoms with E-state index < -0.39 is 11.6 Å². The molecular formula is C13H16F2N2O. The van der Waals surface area contributed by atoms with Crippen molar-refractivity contribution in [3.63, 3.8) is 0 Å². The molecule has 1 saturated heterocycles. The molecule has 2 rings (SSSR count). The molecule has 0 aromatic heterocycles.